The average molecular weight is 401 g/mol. The van der Waals surface area contributed by atoms with Gasteiger partial charge in [-0.05, 0) is 32.6 Å². The Morgan fingerprint density at radius 1 is 1.35 bits per heavy atom. The lowest BCUT2D eigenvalue weighted by Gasteiger charge is -2.33. The molecule has 0 bridgehead atoms. The highest BCUT2D eigenvalue weighted by Gasteiger charge is 2.36. The molecule has 3 rings (SSSR count). The molecular formula is C17H28N4O3S2. The van der Waals surface area contributed by atoms with Gasteiger partial charge in [-0.15, -0.1) is 10.2 Å². The second-order valence-corrected chi connectivity index (χ2v) is 10.4. The van der Waals surface area contributed by atoms with Crippen molar-refractivity contribution in [2.75, 3.05) is 17.3 Å². The van der Waals surface area contributed by atoms with Crippen molar-refractivity contribution in [3.05, 3.63) is 5.82 Å². The topological polar surface area (TPSA) is 85.2 Å². The van der Waals surface area contributed by atoms with Gasteiger partial charge in [-0.2, -0.15) is 0 Å². The van der Waals surface area contributed by atoms with Crippen LogP contribution in [0.25, 0.3) is 0 Å². The quantitative estimate of drug-likeness (QED) is 0.678. The van der Waals surface area contributed by atoms with Crippen molar-refractivity contribution in [2.45, 2.75) is 76.2 Å². The van der Waals surface area contributed by atoms with Gasteiger partial charge < -0.3 is 9.47 Å². The van der Waals surface area contributed by atoms with Crippen LogP contribution in [0.1, 0.15) is 51.8 Å². The molecule has 2 atom stereocenters. The molecule has 9 heteroatoms. The summed E-state index contributed by atoms with van der Waals surface area (Å²) in [6.45, 7) is 4.94. The Morgan fingerprint density at radius 2 is 2.15 bits per heavy atom. The molecule has 1 aromatic heterocycles. The second-order valence-electron chi connectivity index (χ2n) is 7.26. The SMILES string of the molecule is CC[C@H](C)N(C(=O)CSc1nnc2n1CCCCC2)[C@@H]1CCS(=O)(=O)C1. The van der Waals surface area contributed by atoms with Crippen molar-refractivity contribution in [1.82, 2.24) is 19.7 Å². The number of carbonyl (C=O) groups is 1. The Bertz CT molecular complexity index is 747. The number of thioether (sulfide) groups is 1. The third kappa shape index (κ3) is 4.42. The highest BCUT2D eigenvalue weighted by Crippen LogP contribution is 2.25. The number of rotatable bonds is 6. The summed E-state index contributed by atoms with van der Waals surface area (Å²) in [5.41, 5.74) is 0. The summed E-state index contributed by atoms with van der Waals surface area (Å²) in [5, 5.41) is 9.34. The molecule has 0 spiro atoms. The number of aromatic nitrogens is 3. The molecule has 0 radical (unpaired) electrons. The molecule has 2 aliphatic heterocycles. The lowest BCUT2D eigenvalue weighted by atomic mass is 10.1. The van der Waals surface area contributed by atoms with Crippen molar-refractivity contribution in [3.8, 4) is 0 Å². The fraction of sp³-hybridized carbons (Fsp3) is 0.824. The van der Waals surface area contributed by atoms with E-state index in [9.17, 15) is 13.2 Å². The molecule has 146 valence electrons. The second kappa shape index (κ2) is 8.29. The highest BCUT2D eigenvalue weighted by atomic mass is 32.2. The molecule has 0 unspecified atom stereocenters. The number of carbonyl (C=O) groups excluding carboxylic acids is 1. The molecule has 0 N–H and O–H groups in total. The van der Waals surface area contributed by atoms with E-state index in [-0.39, 0.29) is 35.2 Å². The van der Waals surface area contributed by atoms with Gasteiger partial charge in [-0.3, -0.25) is 4.79 Å². The summed E-state index contributed by atoms with van der Waals surface area (Å²) in [5.74, 6) is 1.56. The van der Waals surface area contributed by atoms with Crippen molar-refractivity contribution < 1.29 is 13.2 Å². The summed E-state index contributed by atoms with van der Waals surface area (Å²) in [6.07, 6.45) is 5.76. The zero-order chi connectivity index (χ0) is 18.7. The van der Waals surface area contributed by atoms with Gasteiger partial charge in [-0.1, -0.05) is 25.1 Å². The molecule has 1 aromatic rings. The van der Waals surface area contributed by atoms with Gasteiger partial charge in [0.05, 0.1) is 17.3 Å². The monoisotopic (exact) mass is 400 g/mol. The van der Waals surface area contributed by atoms with E-state index in [2.05, 4.69) is 14.8 Å². The summed E-state index contributed by atoms with van der Waals surface area (Å²) >= 11 is 1.42. The van der Waals surface area contributed by atoms with E-state index < -0.39 is 9.84 Å². The van der Waals surface area contributed by atoms with Crippen LogP contribution in [0.2, 0.25) is 0 Å². The number of amides is 1. The Hall–Kier alpha value is -1.09. The standard InChI is InChI=1S/C17H28N4O3S2/c1-3-13(2)21(14-8-10-26(23,24)12-14)16(22)11-25-17-19-18-15-7-5-4-6-9-20(15)17/h13-14H,3-12H2,1-2H3/t13-,14+/m0/s1. The van der Waals surface area contributed by atoms with Crippen LogP contribution in [0.3, 0.4) is 0 Å². The predicted molar refractivity (Wildman–Crippen MR) is 102 cm³/mol. The van der Waals surface area contributed by atoms with E-state index in [1.54, 1.807) is 4.90 Å². The minimum atomic E-state index is -3.02. The Kier molecular flexibility index (Phi) is 6.27. The summed E-state index contributed by atoms with van der Waals surface area (Å²) < 4.78 is 25.8. The first kappa shape index (κ1) is 19.7. The molecule has 0 aromatic carbocycles. The predicted octanol–water partition coefficient (Wildman–Crippen LogP) is 1.91. The summed E-state index contributed by atoms with van der Waals surface area (Å²) in [6, 6.07) is -0.157. The zero-order valence-corrected chi connectivity index (χ0v) is 17.2. The minimum absolute atomic E-state index is 0.00239. The molecular weight excluding hydrogens is 372 g/mol. The molecule has 7 nitrogen and oxygen atoms in total. The van der Waals surface area contributed by atoms with Gasteiger partial charge in [0.15, 0.2) is 15.0 Å². The minimum Gasteiger partial charge on any atom is -0.335 e. The molecule has 1 amide bonds. The van der Waals surface area contributed by atoms with E-state index >= 15 is 0 Å². The van der Waals surface area contributed by atoms with E-state index in [0.717, 1.165) is 43.2 Å². The largest absolute Gasteiger partial charge is 0.335 e. The number of sulfone groups is 1. The maximum atomic E-state index is 12.9. The van der Waals surface area contributed by atoms with Crippen molar-refractivity contribution >= 4 is 27.5 Å². The van der Waals surface area contributed by atoms with Crippen LogP contribution in [0.5, 0.6) is 0 Å². The van der Waals surface area contributed by atoms with Crippen LogP contribution < -0.4 is 0 Å². The summed E-state index contributed by atoms with van der Waals surface area (Å²) in [4.78, 5) is 14.7. The first-order chi connectivity index (χ1) is 12.4. The van der Waals surface area contributed by atoms with Crippen LogP contribution in [0, 0.1) is 0 Å². The maximum Gasteiger partial charge on any atom is 0.233 e. The molecule has 3 heterocycles. The average Bonchev–Trinajstić information content (AvgIpc) is 3.06. The van der Waals surface area contributed by atoms with Crippen LogP contribution in [0.4, 0.5) is 0 Å². The number of aryl methyl sites for hydroxylation is 1. The first-order valence-electron chi connectivity index (χ1n) is 9.47. The van der Waals surface area contributed by atoms with Gasteiger partial charge in [0.2, 0.25) is 5.91 Å². The highest BCUT2D eigenvalue weighted by molar-refractivity contribution is 7.99. The van der Waals surface area contributed by atoms with Gasteiger partial charge in [-0.25, -0.2) is 8.42 Å². The zero-order valence-electron chi connectivity index (χ0n) is 15.6. The van der Waals surface area contributed by atoms with Gasteiger partial charge in [0.1, 0.15) is 5.82 Å². The van der Waals surface area contributed by atoms with E-state index in [1.165, 1.54) is 18.2 Å². The fourth-order valence-corrected chi connectivity index (χ4v) is 6.33. The number of hydrogen-bond acceptors (Lipinski definition) is 6. The Balaban J connectivity index is 1.68. The fourth-order valence-electron chi connectivity index (χ4n) is 3.77. The third-order valence-corrected chi connectivity index (χ3v) is 8.06. The van der Waals surface area contributed by atoms with E-state index in [0.29, 0.717) is 6.42 Å². The van der Waals surface area contributed by atoms with E-state index in [1.807, 2.05) is 13.8 Å². The normalized spacial score (nSPS) is 23.2. The van der Waals surface area contributed by atoms with Gasteiger partial charge in [0.25, 0.3) is 0 Å². The summed E-state index contributed by atoms with van der Waals surface area (Å²) in [7, 11) is -3.02. The number of fused-ring (bicyclic) bond motifs is 1. The van der Waals surface area contributed by atoms with Crippen molar-refractivity contribution in [1.29, 1.82) is 0 Å². The Morgan fingerprint density at radius 3 is 2.85 bits per heavy atom. The Labute approximate surface area is 159 Å². The maximum absolute atomic E-state index is 12.9. The number of nitrogens with zero attached hydrogens (tertiary/aromatic N) is 4. The van der Waals surface area contributed by atoms with Crippen LogP contribution in [0.15, 0.2) is 5.16 Å². The molecule has 2 aliphatic rings. The molecule has 1 fully saturated rings. The van der Waals surface area contributed by atoms with Crippen LogP contribution in [-0.4, -0.2) is 63.3 Å². The number of hydrogen-bond donors (Lipinski definition) is 0. The van der Waals surface area contributed by atoms with Crippen LogP contribution in [-0.2, 0) is 27.6 Å². The lowest BCUT2D eigenvalue weighted by molar-refractivity contribution is -0.132. The molecule has 26 heavy (non-hydrogen) atoms. The van der Waals surface area contributed by atoms with Gasteiger partial charge in [0, 0.05) is 25.0 Å². The molecule has 0 aliphatic carbocycles. The molecule has 0 saturated carbocycles. The van der Waals surface area contributed by atoms with E-state index in [4.69, 9.17) is 0 Å². The first-order valence-corrected chi connectivity index (χ1v) is 12.3. The van der Waals surface area contributed by atoms with Crippen molar-refractivity contribution in [2.24, 2.45) is 0 Å². The lowest BCUT2D eigenvalue weighted by Crippen LogP contribution is -2.47. The molecule has 1 saturated heterocycles. The smallest absolute Gasteiger partial charge is 0.233 e. The van der Waals surface area contributed by atoms with Crippen molar-refractivity contribution in [3.63, 3.8) is 0 Å². The van der Waals surface area contributed by atoms with Crippen LogP contribution >= 0.6 is 11.8 Å². The van der Waals surface area contributed by atoms with Gasteiger partial charge >= 0.3 is 0 Å². The third-order valence-electron chi connectivity index (χ3n) is 5.36.